The number of halogens is 1. The van der Waals surface area contributed by atoms with E-state index in [0.717, 1.165) is 29.7 Å². The summed E-state index contributed by atoms with van der Waals surface area (Å²) in [6.45, 7) is 5.62. The third kappa shape index (κ3) is 4.99. The molecule has 2 unspecified atom stereocenters. The maximum atomic E-state index is 12.7. The predicted octanol–water partition coefficient (Wildman–Crippen LogP) is 4.28. The molecule has 2 atom stereocenters. The van der Waals surface area contributed by atoms with Crippen LogP contribution in [0.15, 0.2) is 18.3 Å². The largest absolute Gasteiger partial charge is 0.462 e. The van der Waals surface area contributed by atoms with E-state index in [0.29, 0.717) is 16.5 Å². The molecule has 0 fully saturated rings. The number of nitrogens with zero attached hydrogens (tertiary/aromatic N) is 1. The number of nitrogens with one attached hydrogen (secondary N) is 1. The van der Waals surface area contributed by atoms with Gasteiger partial charge in [-0.25, -0.2) is 14.6 Å². The number of hydrogen-bond acceptors (Lipinski definition) is 7. The van der Waals surface area contributed by atoms with Gasteiger partial charge in [0.15, 0.2) is 6.10 Å². The summed E-state index contributed by atoms with van der Waals surface area (Å²) in [7, 11) is 0. The number of amides is 1. The molecule has 160 valence electrons. The average molecular weight is 451 g/mol. The number of carbonyl (C=O) groups is 3. The maximum absolute atomic E-state index is 12.7. The van der Waals surface area contributed by atoms with Crippen LogP contribution >= 0.6 is 22.9 Å². The molecule has 0 saturated heterocycles. The highest BCUT2D eigenvalue weighted by atomic mass is 35.5. The molecule has 2 aromatic rings. The van der Waals surface area contributed by atoms with Gasteiger partial charge in [0.25, 0.3) is 5.91 Å². The molecule has 0 bridgehead atoms. The Bertz CT molecular complexity index is 974. The van der Waals surface area contributed by atoms with Crippen LogP contribution in [-0.2, 0) is 27.1 Å². The molecule has 0 saturated carbocycles. The summed E-state index contributed by atoms with van der Waals surface area (Å²) in [6.07, 6.45) is 2.91. The molecular formula is C21H23ClN2O5S. The van der Waals surface area contributed by atoms with Crippen molar-refractivity contribution in [3.05, 3.63) is 45.1 Å². The summed E-state index contributed by atoms with van der Waals surface area (Å²) in [5, 5.41) is 3.34. The van der Waals surface area contributed by atoms with E-state index in [1.165, 1.54) is 36.6 Å². The van der Waals surface area contributed by atoms with Crippen molar-refractivity contribution in [3.8, 4) is 0 Å². The van der Waals surface area contributed by atoms with Crippen molar-refractivity contribution in [2.45, 2.75) is 46.1 Å². The van der Waals surface area contributed by atoms with Gasteiger partial charge >= 0.3 is 11.9 Å². The lowest BCUT2D eigenvalue weighted by atomic mass is 9.88. The van der Waals surface area contributed by atoms with E-state index in [1.54, 1.807) is 6.92 Å². The maximum Gasteiger partial charge on any atom is 0.341 e. The number of aromatic nitrogens is 1. The number of esters is 2. The Morgan fingerprint density at radius 2 is 2.13 bits per heavy atom. The molecule has 0 aromatic carbocycles. The minimum absolute atomic E-state index is 0.152. The lowest BCUT2D eigenvalue weighted by Crippen LogP contribution is -2.30. The number of ether oxygens (including phenoxy) is 2. The van der Waals surface area contributed by atoms with Gasteiger partial charge in [-0.05, 0) is 56.7 Å². The highest BCUT2D eigenvalue weighted by molar-refractivity contribution is 7.17. The van der Waals surface area contributed by atoms with Crippen LogP contribution in [-0.4, -0.2) is 35.5 Å². The molecular weight excluding hydrogens is 428 g/mol. The van der Waals surface area contributed by atoms with Crippen molar-refractivity contribution >= 4 is 45.8 Å². The van der Waals surface area contributed by atoms with E-state index in [9.17, 15) is 14.4 Å². The molecule has 0 aliphatic heterocycles. The van der Waals surface area contributed by atoms with Gasteiger partial charge < -0.3 is 14.8 Å². The van der Waals surface area contributed by atoms with Crippen LogP contribution in [0.2, 0.25) is 5.15 Å². The van der Waals surface area contributed by atoms with Crippen LogP contribution in [0, 0.1) is 5.92 Å². The average Bonchev–Trinajstić information content (AvgIpc) is 3.04. The van der Waals surface area contributed by atoms with Crippen LogP contribution in [0.5, 0.6) is 0 Å². The van der Waals surface area contributed by atoms with Crippen LogP contribution in [0.25, 0.3) is 0 Å². The predicted molar refractivity (Wildman–Crippen MR) is 114 cm³/mol. The number of thiophene rings is 1. The SMILES string of the molecule is CCOC(=O)c1c(NC(=O)C(C)OC(=O)c2ccnc(Cl)c2)sc2c1CCC(C)C2. The number of anilines is 1. The standard InChI is InChI=1S/C21H23ClN2O5S/c1-4-28-21(27)17-14-6-5-11(2)9-15(14)30-19(17)24-18(25)12(3)29-20(26)13-7-8-23-16(22)10-13/h7-8,10-12H,4-6,9H2,1-3H3,(H,24,25). The zero-order valence-corrected chi connectivity index (χ0v) is 18.6. The summed E-state index contributed by atoms with van der Waals surface area (Å²) in [6, 6.07) is 2.81. The lowest BCUT2D eigenvalue weighted by molar-refractivity contribution is -0.123. The lowest BCUT2D eigenvalue weighted by Gasteiger charge is -2.18. The summed E-state index contributed by atoms with van der Waals surface area (Å²) >= 11 is 7.17. The number of fused-ring (bicyclic) bond motifs is 1. The van der Waals surface area contributed by atoms with Crippen molar-refractivity contribution in [2.75, 3.05) is 11.9 Å². The smallest absolute Gasteiger partial charge is 0.341 e. The molecule has 3 rings (SSSR count). The van der Waals surface area contributed by atoms with Crippen molar-refractivity contribution in [3.63, 3.8) is 0 Å². The van der Waals surface area contributed by atoms with E-state index >= 15 is 0 Å². The highest BCUT2D eigenvalue weighted by Gasteiger charge is 2.30. The van der Waals surface area contributed by atoms with Gasteiger partial charge in [0.1, 0.15) is 10.2 Å². The minimum atomic E-state index is -1.07. The Hall–Kier alpha value is -2.45. The number of hydrogen-bond donors (Lipinski definition) is 1. The second-order valence-electron chi connectivity index (χ2n) is 7.18. The van der Waals surface area contributed by atoms with Crippen LogP contribution in [0.1, 0.15) is 58.3 Å². The molecule has 30 heavy (non-hydrogen) atoms. The first-order valence-corrected chi connectivity index (χ1v) is 10.9. The van der Waals surface area contributed by atoms with Crippen molar-refractivity contribution in [2.24, 2.45) is 5.92 Å². The zero-order chi connectivity index (χ0) is 21.8. The fraction of sp³-hybridized carbons (Fsp3) is 0.429. The van der Waals surface area contributed by atoms with E-state index in [-0.39, 0.29) is 17.3 Å². The van der Waals surface area contributed by atoms with Crippen LogP contribution < -0.4 is 5.32 Å². The van der Waals surface area contributed by atoms with Gasteiger partial charge in [-0.15, -0.1) is 11.3 Å². The second kappa shape index (κ2) is 9.57. The first-order valence-electron chi connectivity index (χ1n) is 9.75. The number of pyridine rings is 1. The summed E-state index contributed by atoms with van der Waals surface area (Å²) < 4.78 is 10.5. The van der Waals surface area contributed by atoms with Gasteiger partial charge in [0.05, 0.1) is 17.7 Å². The van der Waals surface area contributed by atoms with Gasteiger partial charge in [0, 0.05) is 11.1 Å². The Morgan fingerprint density at radius 1 is 1.37 bits per heavy atom. The minimum Gasteiger partial charge on any atom is -0.462 e. The molecule has 9 heteroatoms. The summed E-state index contributed by atoms with van der Waals surface area (Å²) in [4.78, 5) is 42.4. The van der Waals surface area contributed by atoms with Gasteiger partial charge in [0.2, 0.25) is 0 Å². The monoisotopic (exact) mass is 450 g/mol. The third-order valence-electron chi connectivity index (χ3n) is 4.84. The Kier molecular flexibility index (Phi) is 7.10. The fourth-order valence-electron chi connectivity index (χ4n) is 3.28. The molecule has 0 radical (unpaired) electrons. The van der Waals surface area contributed by atoms with E-state index < -0.39 is 23.9 Å². The first kappa shape index (κ1) is 22.2. The fourth-order valence-corrected chi connectivity index (χ4v) is 4.86. The summed E-state index contributed by atoms with van der Waals surface area (Å²) in [5.74, 6) is -1.15. The molecule has 1 N–H and O–H groups in total. The molecule has 1 aliphatic rings. The highest BCUT2D eigenvalue weighted by Crippen LogP contribution is 2.40. The number of rotatable bonds is 6. The molecule has 2 aromatic heterocycles. The van der Waals surface area contributed by atoms with E-state index in [4.69, 9.17) is 21.1 Å². The van der Waals surface area contributed by atoms with Crippen molar-refractivity contribution < 1.29 is 23.9 Å². The van der Waals surface area contributed by atoms with Gasteiger partial charge in [-0.3, -0.25) is 4.79 Å². The van der Waals surface area contributed by atoms with Gasteiger partial charge in [-0.2, -0.15) is 0 Å². The first-order chi connectivity index (χ1) is 14.3. The van der Waals surface area contributed by atoms with Crippen molar-refractivity contribution in [1.29, 1.82) is 0 Å². The van der Waals surface area contributed by atoms with Crippen molar-refractivity contribution in [1.82, 2.24) is 4.98 Å². The quantitative estimate of drug-likeness (QED) is 0.521. The Balaban J connectivity index is 1.76. The topological polar surface area (TPSA) is 94.6 Å². The number of carbonyl (C=O) groups excluding carboxylic acids is 3. The summed E-state index contributed by atoms with van der Waals surface area (Å²) in [5.41, 5.74) is 1.56. The molecule has 1 aliphatic carbocycles. The Labute approximate surface area is 183 Å². The van der Waals surface area contributed by atoms with Gasteiger partial charge in [-0.1, -0.05) is 18.5 Å². The zero-order valence-electron chi connectivity index (χ0n) is 17.0. The van der Waals surface area contributed by atoms with Crippen LogP contribution in [0.3, 0.4) is 0 Å². The third-order valence-corrected chi connectivity index (χ3v) is 6.22. The Morgan fingerprint density at radius 3 is 2.83 bits per heavy atom. The van der Waals surface area contributed by atoms with E-state index in [1.807, 2.05) is 0 Å². The molecule has 1 amide bonds. The normalized spacial score (nSPS) is 16.3. The van der Waals surface area contributed by atoms with E-state index in [2.05, 4.69) is 17.2 Å². The molecule has 7 nitrogen and oxygen atoms in total. The molecule has 0 spiro atoms. The van der Waals surface area contributed by atoms with Crippen LogP contribution in [0.4, 0.5) is 5.00 Å². The molecule has 2 heterocycles. The second-order valence-corrected chi connectivity index (χ2v) is 8.67.